The third-order valence-electron chi connectivity index (χ3n) is 2.46. The predicted molar refractivity (Wildman–Crippen MR) is 61.8 cm³/mol. The van der Waals surface area contributed by atoms with E-state index in [0.717, 1.165) is 6.07 Å². The van der Waals surface area contributed by atoms with Gasteiger partial charge in [0.2, 0.25) is 5.95 Å². The Kier molecular flexibility index (Phi) is 2.92. The average molecular weight is 258 g/mol. The first-order valence-electron chi connectivity index (χ1n) is 5.49. The number of rotatable bonds is 2. The van der Waals surface area contributed by atoms with Crippen LogP contribution >= 0.6 is 0 Å². The minimum absolute atomic E-state index is 0.177. The van der Waals surface area contributed by atoms with Crippen molar-refractivity contribution in [2.45, 2.75) is 26.6 Å². The summed E-state index contributed by atoms with van der Waals surface area (Å²) in [5.41, 5.74) is 5.31. The van der Waals surface area contributed by atoms with Gasteiger partial charge in [0, 0.05) is 6.54 Å². The lowest BCUT2D eigenvalue weighted by Crippen LogP contribution is -2.11. The van der Waals surface area contributed by atoms with E-state index < -0.39 is 11.9 Å². The Hall–Kier alpha value is -1.79. The van der Waals surface area contributed by atoms with Gasteiger partial charge in [-0.05, 0) is 18.1 Å². The molecular formula is C11H13F3N4. The lowest BCUT2D eigenvalue weighted by molar-refractivity contribution is -0.141. The SMILES string of the molecule is CC(C)Cn1c(N)nc2ccc(C(F)(F)F)nc21. The zero-order valence-corrected chi connectivity index (χ0v) is 9.99. The molecule has 0 saturated carbocycles. The largest absolute Gasteiger partial charge is 0.433 e. The van der Waals surface area contributed by atoms with Gasteiger partial charge in [-0.3, -0.25) is 4.57 Å². The quantitative estimate of drug-likeness (QED) is 0.901. The summed E-state index contributed by atoms with van der Waals surface area (Å²) in [7, 11) is 0. The molecular weight excluding hydrogens is 245 g/mol. The van der Waals surface area contributed by atoms with Crippen LogP contribution in [0.4, 0.5) is 19.1 Å². The molecule has 0 aromatic carbocycles. The highest BCUT2D eigenvalue weighted by atomic mass is 19.4. The zero-order chi connectivity index (χ0) is 13.5. The van der Waals surface area contributed by atoms with E-state index in [1.807, 2.05) is 13.8 Å². The van der Waals surface area contributed by atoms with Gasteiger partial charge in [0.25, 0.3) is 0 Å². The van der Waals surface area contributed by atoms with E-state index in [9.17, 15) is 13.2 Å². The van der Waals surface area contributed by atoms with E-state index in [4.69, 9.17) is 5.73 Å². The van der Waals surface area contributed by atoms with Crippen LogP contribution in [-0.4, -0.2) is 14.5 Å². The van der Waals surface area contributed by atoms with E-state index in [2.05, 4.69) is 9.97 Å². The lowest BCUT2D eigenvalue weighted by Gasteiger charge is -2.10. The van der Waals surface area contributed by atoms with Crippen LogP contribution in [0.15, 0.2) is 12.1 Å². The van der Waals surface area contributed by atoms with Crippen LogP contribution in [0.1, 0.15) is 19.5 Å². The molecule has 18 heavy (non-hydrogen) atoms. The number of anilines is 1. The van der Waals surface area contributed by atoms with E-state index in [1.165, 1.54) is 10.6 Å². The molecule has 0 bridgehead atoms. The highest BCUT2D eigenvalue weighted by molar-refractivity contribution is 5.74. The molecule has 0 atom stereocenters. The number of nitrogen functional groups attached to an aromatic ring is 1. The summed E-state index contributed by atoms with van der Waals surface area (Å²) < 4.78 is 39.3. The molecule has 98 valence electrons. The summed E-state index contributed by atoms with van der Waals surface area (Å²) in [6, 6.07) is 2.20. The van der Waals surface area contributed by atoms with Gasteiger partial charge in [-0.25, -0.2) is 9.97 Å². The number of halogens is 3. The highest BCUT2D eigenvalue weighted by Gasteiger charge is 2.33. The molecule has 0 aliphatic carbocycles. The average Bonchev–Trinajstić information content (AvgIpc) is 2.53. The zero-order valence-electron chi connectivity index (χ0n) is 9.99. The van der Waals surface area contributed by atoms with Crippen LogP contribution in [0.25, 0.3) is 11.2 Å². The summed E-state index contributed by atoms with van der Waals surface area (Å²) in [4.78, 5) is 7.62. The molecule has 0 aliphatic heterocycles. The monoisotopic (exact) mass is 258 g/mol. The lowest BCUT2D eigenvalue weighted by atomic mass is 10.2. The smallest absolute Gasteiger partial charge is 0.369 e. The van der Waals surface area contributed by atoms with Crippen molar-refractivity contribution in [1.29, 1.82) is 0 Å². The fraction of sp³-hybridized carbons (Fsp3) is 0.455. The second kappa shape index (κ2) is 4.15. The van der Waals surface area contributed by atoms with Crippen molar-refractivity contribution in [3.63, 3.8) is 0 Å². The summed E-state index contributed by atoms with van der Waals surface area (Å²) >= 11 is 0. The summed E-state index contributed by atoms with van der Waals surface area (Å²) in [6.07, 6.45) is -4.46. The second-order valence-corrected chi connectivity index (χ2v) is 4.51. The van der Waals surface area contributed by atoms with Crippen LogP contribution in [0, 0.1) is 5.92 Å². The Morgan fingerprint density at radius 1 is 1.28 bits per heavy atom. The first-order chi connectivity index (χ1) is 8.29. The Bertz CT molecular complexity index is 571. The molecule has 2 aromatic rings. The van der Waals surface area contributed by atoms with E-state index >= 15 is 0 Å². The van der Waals surface area contributed by atoms with Gasteiger partial charge in [-0.2, -0.15) is 13.2 Å². The molecule has 0 saturated heterocycles. The Labute approximate surface area is 102 Å². The normalized spacial score (nSPS) is 12.6. The summed E-state index contributed by atoms with van der Waals surface area (Å²) in [5, 5.41) is 0. The van der Waals surface area contributed by atoms with Crippen molar-refractivity contribution in [3.05, 3.63) is 17.8 Å². The second-order valence-electron chi connectivity index (χ2n) is 4.51. The van der Waals surface area contributed by atoms with Crippen LogP contribution < -0.4 is 5.73 Å². The molecule has 0 unspecified atom stereocenters. The topological polar surface area (TPSA) is 56.7 Å². The Balaban J connectivity index is 2.59. The first-order valence-corrected chi connectivity index (χ1v) is 5.49. The molecule has 0 spiro atoms. The number of hydrogen-bond donors (Lipinski definition) is 1. The van der Waals surface area contributed by atoms with Crippen molar-refractivity contribution in [2.24, 2.45) is 5.92 Å². The van der Waals surface area contributed by atoms with Gasteiger partial charge < -0.3 is 5.73 Å². The minimum Gasteiger partial charge on any atom is -0.369 e. The number of fused-ring (bicyclic) bond motifs is 1. The summed E-state index contributed by atoms with van der Waals surface area (Å²) in [6.45, 7) is 4.37. The number of pyridine rings is 1. The molecule has 0 radical (unpaired) electrons. The fourth-order valence-electron chi connectivity index (χ4n) is 1.72. The molecule has 4 nitrogen and oxygen atoms in total. The number of nitrogens with two attached hydrogens (primary N) is 1. The molecule has 7 heteroatoms. The molecule has 0 fully saturated rings. The maximum absolute atomic E-state index is 12.6. The number of imidazole rings is 1. The van der Waals surface area contributed by atoms with Gasteiger partial charge in [-0.15, -0.1) is 0 Å². The fourth-order valence-corrected chi connectivity index (χ4v) is 1.72. The van der Waals surface area contributed by atoms with Crippen LogP contribution in [0.3, 0.4) is 0 Å². The van der Waals surface area contributed by atoms with Gasteiger partial charge in [0.15, 0.2) is 5.65 Å². The molecule has 2 aromatic heterocycles. The Morgan fingerprint density at radius 3 is 2.50 bits per heavy atom. The third-order valence-corrected chi connectivity index (χ3v) is 2.46. The van der Waals surface area contributed by atoms with Crippen LogP contribution in [-0.2, 0) is 12.7 Å². The first kappa shape index (κ1) is 12.7. The number of aromatic nitrogens is 3. The maximum Gasteiger partial charge on any atom is 0.433 e. The van der Waals surface area contributed by atoms with Crippen LogP contribution in [0.5, 0.6) is 0 Å². The van der Waals surface area contributed by atoms with Crippen molar-refractivity contribution in [1.82, 2.24) is 14.5 Å². The molecule has 2 rings (SSSR count). The summed E-state index contributed by atoms with van der Waals surface area (Å²) in [5.74, 6) is 0.423. The van der Waals surface area contributed by atoms with Gasteiger partial charge in [0.1, 0.15) is 11.2 Å². The van der Waals surface area contributed by atoms with E-state index in [0.29, 0.717) is 12.1 Å². The van der Waals surface area contributed by atoms with Crippen molar-refractivity contribution in [2.75, 3.05) is 5.73 Å². The van der Waals surface area contributed by atoms with Crippen LogP contribution in [0.2, 0.25) is 0 Å². The van der Waals surface area contributed by atoms with E-state index in [-0.39, 0.29) is 17.5 Å². The number of hydrogen-bond acceptors (Lipinski definition) is 3. The van der Waals surface area contributed by atoms with Gasteiger partial charge >= 0.3 is 6.18 Å². The third kappa shape index (κ3) is 2.25. The maximum atomic E-state index is 12.6. The molecule has 2 heterocycles. The van der Waals surface area contributed by atoms with Gasteiger partial charge in [-0.1, -0.05) is 13.8 Å². The molecule has 2 N–H and O–H groups in total. The van der Waals surface area contributed by atoms with Crippen molar-refractivity contribution < 1.29 is 13.2 Å². The van der Waals surface area contributed by atoms with Crippen molar-refractivity contribution >= 4 is 17.1 Å². The Morgan fingerprint density at radius 2 is 1.94 bits per heavy atom. The van der Waals surface area contributed by atoms with Gasteiger partial charge in [0.05, 0.1) is 0 Å². The molecule has 0 aliphatic rings. The molecule has 0 amide bonds. The highest BCUT2D eigenvalue weighted by Crippen LogP contribution is 2.29. The van der Waals surface area contributed by atoms with Crippen molar-refractivity contribution in [3.8, 4) is 0 Å². The standard InChI is InChI=1S/C11H13F3N4/c1-6(2)5-18-9-7(16-10(18)15)3-4-8(17-9)11(12,13)14/h3-4,6H,5H2,1-2H3,(H2,15,16). The number of nitrogens with zero attached hydrogens (tertiary/aromatic N) is 3. The predicted octanol–water partition coefficient (Wildman–Crippen LogP) is 2.69. The van der Waals surface area contributed by atoms with E-state index in [1.54, 1.807) is 0 Å². The number of alkyl halides is 3. The minimum atomic E-state index is -4.46.